The largest absolute Gasteiger partial charge is 0.465 e. The first-order valence-corrected chi connectivity index (χ1v) is 4.69. The minimum atomic E-state index is 0.764. The molecule has 1 fully saturated rings. The first-order valence-electron chi connectivity index (χ1n) is 4.69. The second kappa shape index (κ2) is 3.31. The highest BCUT2D eigenvalue weighted by Crippen LogP contribution is 2.19. The van der Waals surface area contributed by atoms with Gasteiger partial charge in [-0.25, -0.2) is 0 Å². The third-order valence-corrected chi connectivity index (χ3v) is 2.21. The molecule has 2 heteroatoms. The van der Waals surface area contributed by atoms with Crippen molar-refractivity contribution in [2.24, 2.45) is 0 Å². The Kier molecular flexibility index (Phi) is 2.17. The lowest BCUT2D eigenvalue weighted by molar-refractivity contribution is 0.450. The molecule has 0 atom stereocenters. The standard InChI is InChI=1S/C10H15NO/c1-2-9-5-6-10(12-9)7-11-8-3-4-8/h5-6,8,11H,2-4,7H2,1H3. The predicted molar refractivity (Wildman–Crippen MR) is 47.9 cm³/mol. The van der Waals surface area contributed by atoms with Gasteiger partial charge in [-0.05, 0) is 25.0 Å². The minimum Gasteiger partial charge on any atom is -0.465 e. The fraction of sp³-hybridized carbons (Fsp3) is 0.600. The Bertz CT molecular complexity index is 250. The van der Waals surface area contributed by atoms with Crippen LogP contribution in [0.4, 0.5) is 0 Å². The summed E-state index contributed by atoms with van der Waals surface area (Å²) in [6.07, 6.45) is 3.66. The van der Waals surface area contributed by atoms with Crippen molar-refractivity contribution in [3.63, 3.8) is 0 Å². The summed E-state index contributed by atoms with van der Waals surface area (Å²) < 4.78 is 5.55. The summed E-state index contributed by atoms with van der Waals surface area (Å²) in [6, 6.07) is 4.89. The van der Waals surface area contributed by atoms with E-state index in [4.69, 9.17) is 4.42 Å². The zero-order valence-electron chi connectivity index (χ0n) is 7.47. The quantitative estimate of drug-likeness (QED) is 0.739. The molecule has 0 radical (unpaired) electrons. The lowest BCUT2D eigenvalue weighted by Gasteiger charge is -1.97. The van der Waals surface area contributed by atoms with E-state index in [9.17, 15) is 0 Å². The first kappa shape index (κ1) is 7.87. The van der Waals surface area contributed by atoms with Gasteiger partial charge in [0.1, 0.15) is 11.5 Å². The van der Waals surface area contributed by atoms with Crippen LogP contribution in [-0.2, 0) is 13.0 Å². The summed E-state index contributed by atoms with van der Waals surface area (Å²) in [5, 5.41) is 3.42. The van der Waals surface area contributed by atoms with Crippen LogP contribution >= 0.6 is 0 Å². The second-order valence-electron chi connectivity index (χ2n) is 3.38. The third kappa shape index (κ3) is 1.89. The zero-order valence-corrected chi connectivity index (χ0v) is 7.47. The number of rotatable bonds is 4. The van der Waals surface area contributed by atoms with E-state index in [0.29, 0.717) is 0 Å². The Hall–Kier alpha value is -0.760. The molecule has 0 unspecified atom stereocenters. The van der Waals surface area contributed by atoms with Crippen molar-refractivity contribution in [1.29, 1.82) is 0 Å². The molecule has 1 aliphatic rings. The fourth-order valence-corrected chi connectivity index (χ4v) is 1.24. The summed E-state index contributed by atoms with van der Waals surface area (Å²) in [5.41, 5.74) is 0. The van der Waals surface area contributed by atoms with Gasteiger partial charge in [0.15, 0.2) is 0 Å². The zero-order chi connectivity index (χ0) is 8.39. The van der Waals surface area contributed by atoms with Crippen molar-refractivity contribution in [3.8, 4) is 0 Å². The number of hydrogen-bond acceptors (Lipinski definition) is 2. The van der Waals surface area contributed by atoms with Gasteiger partial charge in [-0.1, -0.05) is 6.92 Å². The monoisotopic (exact) mass is 165 g/mol. The molecule has 0 spiro atoms. The van der Waals surface area contributed by atoms with Gasteiger partial charge in [-0.2, -0.15) is 0 Å². The number of furan rings is 1. The van der Waals surface area contributed by atoms with Gasteiger partial charge in [0.2, 0.25) is 0 Å². The Morgan fingerprint density at radius 3 is 2.75 bits per heavy atom. The first-order chi connectivity index (χ1) is 5.88. The van der Waals surface area contributed by atoms with Crippen molar-refractivity contribution in [2.45, 2.75) is 38.8 Å². The van der Waals surface area contributed by atoms with Crippen LogP contribution in [-0.4, -0.2) is 6.04 Å². The lowest BCUT2D eigenvalue weighted by atomic mass is 10.3. The van der Waals surface area contributed by atoms with E-state index >= 15 is 0 Å². The lowest BCUT2D eigenvalue weighted by Crippen LogP contribution is -2.14. The van der Waals surface area contributed by atoms with Gasteiger partial charge in [0.25, 0.3) is 0 Å². The summed E-state index contributed by atoms with van der Waals surface area (Å²) in [4.78, 5) is 0. The fourth-order valence-electron chi connectivity index (χ4n) is 1.24. The summed E-state index contributed by atoms with van der Waals surface area (Å²) in [7, 11) is 0. The Morgan fingerprint density at radius 1 is 1.42 bits per heavy atom. The molecule has 0 amide bonds. The van der Waals surface area contributed by atoms with Gasteiger partial charge in [-0.3, -0.25) is 0 Å². The maximum Gasteiger partial charge on any atom is 0.117 e. The van der Waals surface area contributed by atoms with E-state index in [1.54, 1.807) is 0 Å². The molecule has 0 aromatic carbocycles. The van der Waals surface area contributed by atoms with E-state index in [1.165, 1.54) is 12.8 Å². The van der Waals surface area contributed by atoms with Gasteiger partial charge < -0.3 is 9.73 Å². The smallest absolute Gasteiger partial charge is 0.117 e. The van der Waals surface area contributed by atoms with Crippen molar-refractivity contribution in [3.05, 3.63) is 23.7 Å². The number of nitrogens with one attached hydrogen (secondary N) is 1. The summed E-state index contributed by atoms with van der Waals surface area (Å²) in [6.45, 7) is 3.00. The predicted octanol–water partition coefficient (Wildman–Crippen LogP) is 2.09. The molecule has 1 aromatic rings. The third-order valence-electron chi connectivity index (χ3n) is 2.21. The Morgan fingerprint density at radius 2 is 2.17 bits per heavy atom. The Balaban J connectivity index is 1.84. The highest BCUT2D eigenvalue weighted by atomic mass is 16.3. The van der Waals surface area contributed by atoms with Crippen molar-refractivity contribution in [1.82, 2.24) is 5.32 Å². The second-order valence-corrected chi connectivity index (χ2v) is 3.38. The summed E-state index contributed by atoms with van der Waals surface area (Å²) >= 11 is 0. The molecule has 0 bridgehead atoms. The topological polar surface area (TPSA) is 25.2 Å². The average Bonchev–Trinajstić information content (AvgIpc) is 2.81. The van der Waals surface area contributed by atoms with Crippen LogP contribution in [0.25, 0.3) is 0 Å². The molecule has 1 saturated carbocycles. The molecule has 1 aromatic heterocycles. The van der Waals surface area contributed by atoms with Gasteiger partial charge >= 0.3 is 0 Å². The SMILES string of the molecule is CCc1ccc(CNC2CC2)o1. The van der Waals surface area contributed by atoms with Crippen LogP contribution in [0.5, 0.6) is 0 Å². The molecule has 2 rings (SSSR count). The van der Waals surface area contributed by atoms with Crippen LogP contribution in [0.15, 0.2) is 16.5 Å². The molecule has 12 heavy (non-hydrogen) atoms. The number of aryl methyl sites for hydroxylation is 1. The highest BCUT2D eigenvalue weighted by Gasteiger charge is 2.20. The van der Waals surface area contributed by atoms with Crippen molar-refractivity contribution >= 4 is 0 Å². The molecule has 1 aliphatic carbocycles. The van der Waals surface area contributed by atoms with Crippen LogP contribution in [0.2, 0.25) is 0 Å². The minimum absolute atomic E-state index is 0.764. The van der Waals surface area contributed by atoms with Crippen LogP contribution in [0, 0.1) is 0 Å². The van der Waals surface area contributed by atoms with E-state index in [0.717, 1.165) is 30.5 Å². The maximum atomic E-state index is 5.55. The average molecular weight is 165 g/mol. The molecule has 1 N–H and O–H groups in total. The van der Waals surface area contributed by atoms with Crippen molar-refractivity contribution in [2.75, 3.05) is 0 Å². The van der Waals surface area contributed by atoms with Crippen LogP contribution in [0.3, 0.4) is 0 Å². The Labute approximate surface area is 73.0 Å². The molecule has 66 valence electrons. The molecule has 0 aliphatic heterocycles. The molecular weight excluding hydrogens is 150 g/mol. The highest BCUT2D eigenvalue weighted by molar-refractivity contribution is 5.07. The molecule has 2 nitrogen and oxygen atoms in total. The van der Waals surface area contributed by atoms with Gasteiger partial charge in [0, 0.05) is 12.5 Å². The van der Waals surface area contributed by atoms with Gasteiger partial charge in [0.05, 0.1) is 6.54 Å². The number of hydrogen-bond donors (Lipinski definition) is 1. The van der Waals surface area contributed by atoms with Crippen LogP contribution in [0.1, 0.15) is 31.3 Å². The van der Waals surface area contributed by atoms with Crippen molar-refractivity contribution < 1.29 is 4.42 Å². The van der Waals surface area contributed by atoms with E-state index in [2.05, 4.69) is 24.4 Å². The van der Waals surface area contributed by atoms with Gasteiger partial charge in [-0.15, -0.1) is 0 Å². The molecular formula is C10H15NO. The summed E-state index contributed by atoms with van der Waals surface area (Å²) in [5.74, 6) is 2.15. The maximum absolute atomic E-state index is 5.55. The molecule has 1 heterocycles. The van der Waals surface area contributed by atoms with Crippen LogP contribution < -0.4 is 5.32 Å². The van der Waals surface area contributed by atoms with E-state index < -0.39 is 0 Å². The van der Waals surface area contributed by atoms with E-state index in [1.807, 2.05) is 0 Å². The van der Waals surface area contributed by atoms with E-state index in [-0.39, 0.29) is 0 Å². The normalized spacial score (nSPS) is 16.8. The molecule has 0 saturated heterocycles.